The van der Waals surface area contributed by atoms with Gasteiger partial charge in [0.15, 0.2) is 23.3 Å². The molecule has 0 spiro atoms. The molecule has 2 rings (SSSR count). The molecule has 1 aromatic heterocycles. The first-order valence-corrected chi connectivity index (χ1v) is 5.56. The zero-order valence-electron chi connectivity index (χ0n) is 9.51. The number of aryl methyl sites for hydroxylation is 1. The molecule has 0 unspecified atom stereocenters. The zero-order chi connectivity index (χ0) is 13.3. The Labute approximate surface area is 107 Å². The van der Waals surface area contributed by atoms with Crippen molar-refractivity contribution in [2.24, 2.45) is 0 Å². The van der Waals surface area contributed by atoms with Crippen LogP contribution in [0.2, 0.25) is 5.15 Å². The third kappa shape index (κ3) is 2.35. The lowest BCUT2D eigenvalue weighted by Gasteiger charge is -2.28. The summed E-state index contributed by atoms with van der Waals surface area (Å²) in [7, 11) is 0. The number of halogens is 1. The molecule has 0 aliphatic carbocycles. The van der Waals surface area contributed by atoms with Gasteiger partial charge in [0.05, 0.1) is 6.42 Å². The van der Waals surface area contributed by atoms with Crippen LogP contribution in [0, 0.1) is 6.92 Å². The molecule has 0 fully saturated rings. The van der Waals surface area contributed by atoms with Crippen molar-refractivity contribution in [2.75, 3.05) is 18.1 Å². The van der Waals surface area contributed by atoms with Gasteiger partial charge in [-0.1, -0.05) is 11.6 Å². The Kier molecular flexibility index (Phi) is 3.33. The molecule has 1 aromatic rings. The van der Waals surface area contributed by atoms with Gasteiger partial charge in [0.1, 0.15) is 5.82 Å². The predicted molar refractivity (Wildman–Crippen MR) is 61.9 cm³/mol. The van der Waals surface area contributed by atoms with Gasteiger partial charge in [0.25, 0.3) is 5.91 Å². The number of aliphatic carboxylic acids is 1. The van der Waals surface area contributed by atoms with Crippen molar-refractivity contribution < 1.29 is 19.4 Å². The highest BCUT2D eigenvalue weighted by molar-refractivity contribution is 6.31. The van der Waals surface area contributed by atoms with Gasteiger partial charge in [0.2, 0.25) is 0 Å². The molecule has 1 N–H and O–H groups in total. The van der Waals surface area contributed by atoms with Crippen LogP contribution in [0.5, 0.6) is 5.75 Å². The van der Waals surface area contributed by atoms with Gasteiger partial charge in [-0.25, -0.2) is 9.97 Å². The molecule has 8 heteroatoms. The van der Waals surface area contributed by atoms with Gasteiger partial charge < -0.3 is 9.84 Å². The van der Waals surface area contributed by atoms with E-state index in [1.807, 2.05) is 0 Å². The highest BCUT2D eigenvalue weighted by Crippen LogP contribution is 2.35. The van der Waals surface area contributed by atoms with E-state index in [0.717, 1.165) is 0 Å². The lowest BCUT2D eigenvalue weighted by Crippen LogP contribution is -2.41. The van der Waals surface area contributed by atoms with Gasteiger partial charge in [-0.3, -0.25) is 14.5 Å². The summed E-state index contributed by atoms with van der Waals surface area (Å²) < 4.78 is 5.16. The van der Waals surface area contributed by atoms with Crippen molar-refractivity contribution in [1.29, 1.82) is 0 Å². The number of carboxylic acid groups (broad SMARTS) is 1. The Morgan fingerprint density at radius 3 is 2.94 bits per heavy atom. The molecule has 96 valence electrons. The number of carboxylic acids is 1. The van der Waals surface area contributed by atoms with Crippen LogP contribution in [0.25, 0.3) is 0 Å². The third-order valence-electron chi connectivity index (χ3n) is 2.36. The molecular formula is C10H10ClN3O4. The maximum absolute atomic E-state index is 11.7. The Hall–Kier alpha value is -1.89. The summed E-state index contributed by atoms with van der Waals surface area (Å²) in [5.74, 6) is -0.514. The minimum Gasteiger partial charge on any atom is -0.481 e. The SMILES string of the molecule is Cc1nc(Cl)c2c(n1)N(CCC(=O)O)C(=O)CO2. The molecule has 1 amide bonds. The van der Waals surface area contributed by atoms with E-state index in [0.29, 0.717) is 5.82 Å². The van der Waals surface area contributed by atoms with Crippen LogP contribution in [0.1, 0.15) is 12.2 Å². The molecule has 18 heavy (non-hydrogen) atoms. The zero-order valence-corrected chi connectivity index (χ0v) is 10.3. The normalized spacial score (nSPS) is 14.1. The fraction of sp³-hybridized carbons (Fsp3) is 0.400. The first kappa shape index (κ1) is 12.6. The van der Waals surface area contributed by atoms with E-state index in [2.05, 4.69) is 9.97 Å². The van der Waals surface area contributed by atoms with Crippen molar-refractivity contribution in [3.63, 3.8) is 0 Å². The van der Waals surface area contributed by atoms with E-state index in [1.54, 1.807) is 6.92 Å². The van der Waals surface area contributed by atoms with E-state index < -0.39 is 5.97 Å². The lowest BCUT2D eigenvalue weighted by molar-refractivity contribution is -0.136. The lowest BCUT2D eigenvalue weighted by atomic mass is 10.3. The monoisotopic (exact) mass is 271 g/mol. The van der Waals surface area contributed by atoms with E-state index in [4.69, 9.17) is 21.4 Å². The van der Waals surface area contributed by atoms with Crippen LogP contribution >= 0.6 is 11.6 Å². The largest absolute Gasteiger partial charge is 0.481 e. The van der Waals surface area contributed by atoms with Crippen LogP contribution in [0.3, 0.4) is 0 Å². The summed E-state index contributed by atoms with van der Waals surface area (Å²) in [5.41, 5.74) is 0. The Bertz CT molecular complexity index is 520. The number of hydrogen-bond donors (Lipinski definition) is 1. The molecular weight excluding hydrogens is 262 g/mol. The number of carbonyl (C=O) groups is 2. The van der Waals surface area contributed by atoms with E-state index in [-0.39, 0.29) is 42.2 Å². The molecule has 0 saturated heterocycles. The fourth-order valence-electron chi connectivity index (χ4n) is 1.59. The minimum atomic E-state index is -0.993. The average Bonchev–Trinajstić information content (AvgIpc) is 2.26. The highest BCUT2D eigenvalue weighted by Gasteiger charge is 2.30. The number of amides is 1. The molecule has 2 heterocycles. The van der Waals surface area contributed by atoms with Crippen molar-refractivity contribution in [3.8, 4) is 5.75 Å². The topological polar surface area (TPSA) is 92.6 Å². The minimum absolute atomic E-state index is 0.0251. The molecule has 1 aliphatic rings. The van der Waals surface area contributed by atoms with Crippen LogP contribution < -0.4 is 9.64 Å². The summed E-state index contributed by atoms with van der Waals surface area (Å²) >= 11 is 5.89. The number of ether oxygens (including phenoxy) is 1. The van der Waals surface area contributed by atoms with Gasteiger partial charge in [0, 0.05) is 6.54 Å². The second-order valence-electron chi connectivity index (χ2n) is 3.69. The first-order chi connectivity index (χ1) is 8.49. The second-order valence-corrected chi connectivity index (χ2v) is 4.05. The molecule has 0 saturated carbocycles. The second kappa shape index (κ2) is 4.77. The summed E-state index contributed by atoms with van der Waals surface area (Å²) in [4.78, 5) is 31.5. The Morgan fingerprint density at radius 1 is 1.56 bits per heavy atom. The predicted octanol–water partition coefficient (Wildman–Crippen LogP) is 0.639. The number of fused-ring (bicyclic) bond motifs is 1. The maximum Gasteiger partial charge on any atom is 0.305 e. The number of rotatable bonds is 3. The van der Waals surface area contributed by atoms with Crippen LogP contribution in [-0.4, -0.2) is 40.1 Å². The summed E-state index contributed by atoms with van der Waals surface area (Å²) in [5, 5.41) is 8.78. The summed E-state index contributed by atoms with van der Waals surface area (Å²) in [6, 6.07) is 0. The van der Waals surface area contributed by atoms with Crippen LogP contribution in [-0.2, 0) is 9.59 Å². The fourth-order valence-corrected chi connectivity index (χ4v) is 1.85. The van der Waals surface area contributed by atoms with Gasteiger partial charge in [-0.2, -0.15) is 0 Å². The number of hydrogen-bond acceptors (Lipinski definition) is 5. The molecule has 0 atom stereocenters. The van der Waals surface area contributed by atoms with Crippen molar-refractivity contribution in [1.82, 2.24) is 9.97 Å². The smallest absolute Gasteiger partial charge is 0.305 e. The maximum atomic E-state index is 11.7. The number of anilines is 1. The van der Waals surface area contributed by atoms with Crippen molar-refractivity contribution in [3.05, 3.63) is 11.0 Å². The Balaban J connectivity index is 2.37. The summed E-state index contributed by atoms with van der Waals surface area (Å²) in [6.45, 7) is 1.46. The highest BCUT2D eigenvalue weighted by atomic mass is 35.5. The average molecular weight is 272 g/mol. The van der Waals surface area contributed by atoms with E-state index >= 15 is 0 Å². The Morgan fingerprint density at radius 2 is 2.28 bits per heavy atom. The number of carbonyl (C=O) groups excluding carboxylic acids is 1. The molecule has 1 aliphatic heterocycles. The van der Waals surface area contributed by atoms with Crippen LogP contribution in [0.15, 0.2) is 0 Å². The molecule has 0 bridgehead atoms. The molecule has 0 aromatic carbocycles. The van der Waals surface area contributed by atoms with E-state index in [9.17, 15) is 9.59 Å². The van der Waals surface area contributed by atoms with Gasteiger partial charge in [-0.05, 0) is 6.92 Å². The number of nitrogens with zero attached hydrogens (tertiary/aromatic N) is 3. The standard InChI is InChI=1S/C10H10ClN3O4/c1-5-12-9(11)8-10(13-5)14(3-2-7(16)17)6(15)4-18-8/h2-4H2,1H3,(H,16,17). The van der Waals surface area contributed by atoms with Gasteiger partial charge in [-0.15, -0.1) is 0 Å². The third-order valence-corrected chi connectivity index (χ3v) is 2.62. The van der Waals surface area contributed by atoms with Crippen molar-refractivity contribution in [2.45, 2.75) is 13.3 Å². The quantitative estimate of drug-likeness (QED) is 0.811. The first-order valence-electron chi connectivity index (χ1n) is 5.18. The number of aromatic nitrogens is 2. The van der Waals surface area contributed by atoms with Crippen molar-refractivity contribution >= 4 is 29.3 Å². The molecule has 7 nitrogen and oxygen atoms in total. The van der Waals surface area contributed by atoms with E-state index in [1.165, 1.54) is 4.90 Å². The van der Waals surface area contributed by atoms with Gasteiger partial charge >= 0.3 is 5.97 Å². The molecule has 0 radical (unpaired) electrons. The summed E-state index contributed by atoms with van der Waals surface area (Å²) in [6.07, 6.45) is -0.175. The van der Waals surface area contributed by atoms with Crippen LogP contribution in [0.4, 0.5) is 5.82 Å².